The van der Waals surface area contributed by atoms with Gasteiger partial charge in [0.05, 0.1) is 5.56 Å². The van der Waals surface area contributed by atoms with E-state index in [1.54, 1.807) is 10.8 Å². The number of carbonyl (C=O) groups excluding carboxylic acids is 2. The van der Waals surface area contributed by atoms with Gasteiger partial charge in [-0.05, 0) is 39.0 Å². The third kappa shape index (κ3) is 2.81. The summed E-state index contributed by atoms with van der Waals surface area (Å²) in [5.41, 5.74) is -1.33. The van der Waals surface area contributed by atoms with Crippen molar-refractivity contribution in [1.29, 1.82) is 5.26 Å². The fourth-order valence-corrected chi connectivity index (χ4v) is 4.14. The van der Waals surface area contributed by atoms with Crippen molar-refractivity contribution in [2.24, 2.45) is 0 Å². The Hall–Kier alpha value is -3.48. The highest BCUT2D eigenvalue weighted by Crippen LogP contribution is 2.53. The predicted octanol–water partition coefficient (Wildman–Crippen LogP) is 3.59. The molecule has 0 saturated heterocycles. The van der Waals surface area contributed by atoms with Crippen LogP contribution in [0.15, 0.2) is 24.4 Å². The number of nitriles is 1. The molecule has 2 aliphatic heterocycles. The molecule has 2 aromatic rings. The molecule has 10 heteroatoms. The Morgan fingerprint density at radius 3 is 2.50 bits per heavy atom. The van der Waals surface area contributed by atoms with Crippen LogP contribution in [0, 0.1) is 11.3 Å². The summed E-state index contributed by atoms with van der Waals surface area (Å²) in [6.45, 7) is 5.58. The van der Waals surface area contributed by atoms with E-state index in [4.69, 9.17) is 0 Å². The maximum absolute atomic E-state index is 13.2. The van der Waals surface area contributed by atoms with Gasteiger partial charge in [-0.2, -0.15) is 5.26 Å². The van der Waals surface area contributed by atoms with Crippen molar-refractivity contribution in [1.82, 2.24) is 4.57 Å². The molecule has 2 aliphatic rings. The van der Waals surface area contributed by atoms with Crippen LogP contribution in [0.5, 0.6) is 5.75 Å². The highest BCUT2D eigenvalue weighted by Gasteiger charge is 2.56. The Morgan fingerprint density at radius 1 is 1.20 bits per heavy atom. The molecule has 7 nitrogen and oxygen atoms in total. The highest BCUT2D eigenvalue weighted by atomic mass is 19.4. The monoisotopic (exact) mass is 418 g/mol. The van der Waals surface area contributed by atoms with E-state index in [1.165, 1.54) is 6.07 Å². The number of hydrogen-bond donors (Lipinski definition) is 2. The van der Waals surface area contributed by atoms with E-state index >= 15 is 0 Å². The number of anilines is 2. The summed E-state index contributed by atoms with van der Waals surface area (Å²) in [6, 6.07) is 5.53. The van der Waals surface area contributed by atoms with Gasteiger partial charge in [-0.3, -0.25) is 9.59 Å². The fourth-order valence-electron chi connectivity index (χ4n) is 4.14. The number of alkyl halides is 3. The number of hydrogen-bond acceptors (Lipinski definition) is 4. The van der Waals surface area contributed by atoms with Crippen molar-refractivity contribution in [3.8, 4) is 11.8 Å². The molecule has 1 atom stereocenters. The van der Waals surface area contributed by atoms with Gasteiger partial charge < -0.3 is 19.9 Å². The zero-order valence-corrected chi connectivity index (χ0v) is 16.3. The SMILES string of the molecule is CC(C)(C)n1cc(C#N)c2c1NC(=O)CC21C(=O)Nc2ccc(OC(F)(F)F)cc21. The zero-order chi connectivity index (χ0) is 22.1. The lowest BCUT2D eigenvalue weighted by molar-refractivity contribution is -0.274. The van der Waals surface area contributed by atoms with E-state index in [-0.39, 0.29) is 34.6 Å². The van der Waals surface area contributed by atoms with Crippen LogP contribution in [0.25, 0.3) is 0 Å². The van der Waals surface area contributed by atoms with Gasteiger partial charge in [-0.15, -0.1) is 13.2 Å². The third-order valence-corrected chi connectivity index (χ3v) is 5.28. The van der Waals surface area contributed by atoms with E-state index in [0.29, 0.717) is 0 Å². The molecule has 0 saturated carbocycles. The molecule has 1 unspecified atom stereocenters. The van der Waals surface area contributed by atoms with Crippen molar-refractivity contribution in [3.63, 3.8) is 0 Å². The number of ether oxygens (including phenoxy) is 1. The molecule has 2 N–H and O–H groups in total. The van der Waals surface area contributed by atoms with Crippen molar-refractivity contribution < 1.29 is 27.5 Å². The summed E-state index contributed by atoms with van der Waals surface area (Å²) in [5.74, 6) is -1.31. The molecule has 156 valence electrons. The average molecular weight is 418 g/mol. The number of rotatable bonds is 1. The lowest BCUT2D eigenvalue weighted by Gasteiger charge is -2.34. The number of nitrogens with one attached hydrogen (secondary N) is 2. The van der Waals surface area contributed by atoms with Gasteiger partial charge in [0, 0.05) is 35.0 Å². The number of carbonyl (C=O) groups is 2. The van der Waals surface area contributed by atoms with Crippen LogP contribution in [0.4, 0.5) is 24.7 Å². The van der Waals surface area contributed by atoms with Gasteiger partial charge in [-0.1, -0.05) is 0 Å². The quantitative estimate of drug-likeness (QED) is 0.740. The summed E-state index contributed by atoms with van der Waals surface area (Å²) in [4.78, 5) is 25.8. The molecule has 30 heavy (non-hydrogen) atoms. The summed E-state index contributed by atoms with van der Waals surface area (Å²) < 4.78 is 43.9. The molecular formula is C20H17F3N4O3. The minimum Gasteiger partial charge on any atom is -0.406 e. The second kappa shape index (κ2) is 6.01. The maximum atomic E-state index is 13.2. The molecule has 0 radical (unpaired) electrons. The maximum Gasteiger partial charge on any atom is 0.573 e. The molecule has 1 spiro atoms. The van der Waals surface area contributed by atoms with Crippen LogP contribution in [0.3, 0.4) is 0 Å². The van der Waals surface area contributed by atoms with Crippen LogP contribution in [-0.4, -0.2) is 22.7 Å². The predicted molar refractivity (Wildman–Crippen MR) is 99.9 cm³/mol. The Kier molecular flexibility index (Phi) is 3.97. The highest BCUT2D eigenvalue weighted by molar-refractivity contribution is 6.15. The number of fused-ring (bicyclic) bond motifs is 4. The summed E-state index contributed by atoms with van der Waals surface area (Å²) in [5, 5.41) is 15.1. The Labute approximate surface area is 169 Å². The Bertz CT molecular complexity index is 1140. The van der Waals surface area contributed by atoms with Crippen molar-refractivity contribution in [2.75, 3.05) is 10.6 Å². The van der Waals surface area contributed by atoms with Gasteiger partial charge >= 0.3 is 6.36 Å². The third-order valence-electron chi connectivity index (χ3n) is 5.28. The lowest BCUT2D eigenvalue weighted by atomic mass is 9.70. The summed E-state index contributed by atoms with van der Waals surface area (Å²) in [6.07, 6.45) is -3.73. The van der Waals surface area contributed by atoms with E-state index in [1.807, 2.05) is 20.8 Å². The smallest absolute Gasteiger partial charge is 0.406 e. The van der Waals surface area contributed by atoms with Crippen molar-refractivity contribution >= 4 is 23.3 Å². The van der Waals surface area contributed by atoms with Gasteiger partial charge in [0.25, 0.3) is 0 Å². The first-order valence-electron chi connectivity index (χ1n) is 9.05. The number of nitrogens with zero attached hydrogens (tertiary/aromatic N) is 2. The topological polar surface area (TPSA) is 96.2 Å². The molecule has 0 aliphatic carbocycles. The number of amides is 2. The van der Waals surface area contributed by atoms with Crippen LogP contribution >= 0.6 is 0 Å². The minimum atomic E-state index is -4.92. The van der Waals surface area contributed by atoms with Gasteiger partial charge in [-0.25, -0.2) is 0 Å². The fraction of sp³-hybridized carbons (Fsp3) is 0.350. The molecule has 4 rings (SSSR count). The van der Waals surface area contributed by atoms with Crippen LogP contribution in [-0.2, 0) is 20.5 Å². The van der Waals surface area contributed by atoms with E-state index in [9.17, 15) is 28.0 Å². The molecule has 0 fully saturated rings. The lowest BCUT2D eigenvalue weighted by Crippen LogP contribution is -2.44. The molecule has 1 aromatic carbocycles. The standard InChI is InChI=1S/C20H17F3N4O3/c1-18(2,3)27-9-10(8-24)15-16(27)26-14(28)7-19(15)12-6-11(30-20(21,22)23)4-5-13(12)25-17(19)29/h4-6,9H,7H2,1-3H3,(H,25,29)(H,26,28). The molecule has 2 amide bonds. The minimum absolute atomic E-state index is 0.157. The van der Waals surface area contributed by atoms with Gasteiger partial charge in [0.2, 0.25) is 11.8 Å². The largest absolute Gasteiger partial charge is 0.573 e. The molecule has 3 heterocycles. The molecule has 1 aromatic heterocycles. The van der Waals surface area contributed by atoms with Gasteiger partial charge in [0.1, 0.15) is 23.1 Å². The van der Waals surface area contributed by atoms with Crippen molar-refractivity contribution in [2.45, 2.75) is 44.5 Å². The van der Waals surface area contributed by atoms with E-state index in [0.717, 1.165) is 12.1 Å². The zero-order valence-electron chi connectivity index (χ0n) is 16.3. The van der Waals surface area contributed by atoms with Gasteiger partial charge in [0.15, 0.2) is 0 Å². The first kappa shape index (κ1) is 19.8. The second-order valence-corrected chi connectivity index (χ2v) is 8.26. The number of halogens is 3. The average Bonchev–Trinajstić information content (AvgIpc) is 3.10. The van der Waals surface area contributed by atoms with Crippen molar-refractivity contribution in [3.05, 3.63) is 41.1 Å². The Balaban J connectivity index is 2.01. The van der Waals surface area contributed by atoms with E-state index in [2.05, 4.69) is 21.4 Å². The van der Waals surface area contributed by atoms with E-state index < -0.39 is 34.9 Å². The summed E-state index contributed by atoms with van der Waals surface area (Å²) >= 11 is 0. The second-order valence-electron chi connectivity index (χ2n) is 8.26. The van der Waals surface area contributed by atoms with Crippen LogP contribution in [0.1, 0.15) is 43.9 Å². The van der Waals surface area contributed by atoms with Crippen LogP contribution in [0.2, 0.25) is 0 Å². The normalized spacial score (nSPS) is 20.3. The Morgan fingerprint density at radius 2 is 1.90 bits per heavy atom. The first-order chi connectivity index (χ1) is 13.9. The summed E-state index contributed by atoms with van der Waals surface area (Å²) in [7, 11) is 0. The molecular weight excluding hydrogens is 401 g/mol. The van der Waals surface area contributed by atoms with Crippen LogP contribution < -0.4 is 15.4 Å². The first-order valence-corrected chi connectivity index (χ1v) is 9.05. The number of aromatic nitrogens is 1. The molecule has 0 bridgehead atoms. The number of benzene rings is 1.